The monoisotopic (exact) mass is 467 g/mol. The van der Waals surface area contributed by atoms with Gasteiger partial charge in [0.25, 0.3) is 0 Å². The maximum Gasteiger partial charge on any atom is 0.164 e. The number of benzene rings is 4. The van der Waals surface area contributed by atoms with Crippen LogP contribution < -0.4 is 0 Å². The molecule has 0 unspecified atom stereocenters. The fourth-order valence-corrected chi connectivity index (χ4v) is 5.92. The molecule has 0 N–H and O–H groups in total. The van der Waals surface area contributed by atoms with Crippen LogP contribution in [0.2, 0.25) is 0 Å². The van der Waals surface area contributed by atoms with Gasteiger partial charge < -0.3 is 0 Å². The van der Waals surface area contributed by atoms with E-state index in [0.717, 1.165) is 29.5 Å². The summed E-state index contributed by atoms with van der Waals surface area (Å²) in [6.45, 7) is 0. The van der Waals surface area contributed by atoms with E-state index in [1.54, 1.807) is 0 Å². The Morgan fingerprint density at radius 3 is 1.69 bits per heavy atom. The molecule has 4 aromatic carbocycles. The number of hydrogen-bond donors (Lipinski definition) is 0. The SMILES string of the molecule is [2H]C1([2H])CCC2(CC1)c1ccccc1-c1ccc(-c3nc(-c4ccccc4)nc(-c4ccccc4)n3)cc12. The van der Waals surface area contributed by atoms with E-state index in [-0.39, 0.29) is 5.41 Å². The van der Waals surface area contributed by atoms with Crippen LogP contribution >= 0.6 is 0 Å². The predicted molar refractivity (Wildman–Crippen MR) is 145 cm³/mol. The second kappa shape index (κ2) is 8.53. The summed E-state index contributed by atoms with van der Waals surface area (Å²) in [6.07, 6.45) is 1.62. The largest absolute Gasteiger partial charge is 0.208 e. The van der Waals surface area contributed by atoms with Gasteiger partial charge in [-0.1, -0.05) is 116 Å². The summed E-state index contributed by atoms with van der Waals surface area (Å²) < 4.78 is 16.7. The molecule has 1 heterocycles. The van der Waals surface area contributed by atoms with Crippen molar-refractivity contribution in [1.29, 1.82) is 0 Å². The molecule has 0 aliphatic heterocycles. The first-order valence-corrected chi connectivity index (χ1v) is 12.6. The lowest BCUT2D eigenvalue weighted by Gasteiger charge is -2.36. The minimum absolute atomic E-state index is 0.176. The highest BCUT2D eigenvalue weighted by Crippen LogP contribution is 2.56. The third kappa shape index (κ3) is 3.38. The van der Waals surface area contributed by atoms with E-state index in [4.69, 9.17) is 17.7 Å². The van der Waals surface area contributed by atoms with Crippen molar-refractivity contribution in [1.82, 2.24) is 15.0 Å². The molecule has 1 saturated carbocycles. The highest BCUT2D eigenvalue weighted by molar-refractivity contribution is 5.83. The number of rotatable bonds is 3. The first kappa shape index (κ1) is 19.1. The standard InChI is InChI=1S/C33H27N3/c1-4-12-23(13-5-1)30-34-31(24-14-6-2-7-15-24)36-32(35-30)25-18-19-27-26-16-8-9-17-28(26)33(29(27)22-25)20-10-3-11-21-33/h1-2,4-9,12-19,22H,3,10-11,20-21H2/i3D2. The van der Waals surface area contributed by atoms with Gasteiger partial charge in [0.2, 0.25) is 0 Å². The number of hydrogen-bond acceptors (Lipinski definition) is 3. The van der Waals surface area contributed by atoms with E-state index in [1.807, 2.05) is 60.7 Å². The Bertz CT molecular complexity index is 1580. The van der Waals surface area contributed by atoms with Crippen LogP contribution in [0, 0.1) is 0 Å². The van der Waals surface area contributed by atoms with Crippen molar-refractivity contribution < 1.29 is 2.74 Å². The molecule has 1 spiro atoms. The fourth-order valence-electron chi connectivity index (χ4n) is 5.92. The Morgan fingerprint density at radius 1 is 0.528 bits per heavy atom. The molecule has 3 nitrogen and oxygen atoms in total. The van der Waals surface area contributed by atoms with Crippen LogP contribution in [-0.2, 0) is 5.41 Å². The molecule has 36 heavy (non-hydrogen) atoms. The van der Waals surface area contributed by atoms with Gasteiger partial charge in [-0.3, -0.25) is 0 Å². The van der Waals surface area contributed by atoms with E-state index in [1.165, 1.54) is 22.3 Å². The third-order valence-electron chi connectivity index (χ3n) is 7.68. The minimum Gasteiger partial charge on any atom is -0.208 e. The van der Waals surface area contributed by atoms with Crippen molar-refractivity contribution in [3.05, 3.63) is 114 Å². The van der Waals surface area contributed by atoms with E-state index < -0.39 is 6.37 Å². The van der Waals surface area contributed by atoms with Crippen LogP contribution in [0.5, 0.6) is 0 Å². The highest BCUT2D eigenvalue weighted by atomic mass is 15.0. The first-order chi connectivity index (χ1) is 18.5. The molecule has 2 aliphatic rings. The molecule has 0 atom stereocenters. The van der Waals surface area contributed by atoms with E-state index in [9.17, 15) is 0 Å². The van der Waals surface area contributed by atoms with Crippen molar-refractivity contribution >= 4 is 0 Å². The number of aromatic nitrogens is 3. The van der Waals surface area contributed by atoms with Gasteiger partial charge >= 0.3 is 0 Å². The van der Waals surface area contributed by atoms with Gasteiger partial charge in [-0.25, -0.2) is 15.0 Å². The third-order valence-corrected chi connectivity index (χ3v) is 7.68. The van der Waals surface area contributed by atoms with Crippen molar-refractivity contribution in [2.45, 2.75) is 37.5 Å². The average Bonchev–Trinajstić information content (AvgIpc) is 3.24. The van der Waals surface area contributed by atoms with Crippen LogP contribution in [0.3, 0.4) is 0 Å². The van der Waals surface area contributed by atoms with Crippen molar-refractivity contribution in [2.75, 3.05) is 0 Å². The van der Waals surface area contributed by atoms with E-state index >= 15 is 0 Å². The molecule has 0 amide bonds. The summed E-state index contributed by atoms with van der Waals surface area (Å²) in [7, 11) is 0. The van der Waals surface area contributed by atoms with E-state index in [2.05, 4.69) is 42.5 Å². The number of nitrogens with zero attached hydrogens (tertiary/aromatic N) is 3. The maximum atomic E-state index is 8.37. The molecule has 2 aliphatic carbocycles. The molecule has 1 aromatic heterocycles. The average molecular weight is 468 g/mol. The van der Waals surface area contributed by atoms with Crippen molar-refractivity contribution in [3.8, 4) is 45.3 Å². The van der Waals surface area contributed by atoms with Gasteiger partial charge in [-0.05, 0) is 41.2 Å². The molecule has 7 rings (SSSR count). The topological polar surface area (TPSA) is 38.7 Å². The zero-order chi connectivity index (χ0) is 25.7. The molecule has 0 saturated heterocycles. The maximum absolute atomic E-state index is 8.37. The molecular weight excluding hydrogens is 438 g/mol. The molecular formula is C33H27N3. The minimum atomic E-state index is -1.11. The van der Waals surface area contributed by atoms with Crippen LogP contribution in [-0.4, -0.2) is 15.0 Å². The molecule has 0 bridgehead atoms. The Hall–Kier alpha value is -4.11. The summed E-state index contributed by atoms with van der Waals surface area (Å²) in [4.78, 5) is 14.7. The van der Waals surface area contributed by atoms with Crippen molar-refractivity contribution in [2.24, 2.45) is 0 Å². The van der Waals surface area contributed by atoms with Gasteiger partial charge in [-0.2, -0.15) is 0 Å². The van der Waals surface area contributed by atoms with Gasteiger partial charge in [-0.15, -0.1) is 0 Å². The van der Waals surface area contributed by atoms with Crippen LogP contribution in [0.1, 0.15) is 45.9 Å². The van der Waals surface area contributed by atoms with Crippen LogP contribution in [0.25, 0.3) is 45.3 Å². The summed E-state index contributed by atoms with van der Waals surface area (Å²) in [5.41, 5.74) is 7.80. The lowest BCUT2D eigenvalue weighted by atomic mass is 9.67. The van der Waals surface area contributed by atoms with Crippen LogP contribution in [0.4, 0.5) is 0 Å². The second-order valence-electron chi connectivity index (χ2n) is 9.68. The molecule has 5 aromatic rings. The van der Waals surface area contributed by atoms with Crippen molar-refractivity contribution in [3.63, 3.8) is 0 Å². The van der Waals surface area contributed by atoms with Crippen LogP contribution in [0.15, 0.2) is 103 Å². The Balaban J connectivity index is 1.40. The van der Waals surface area contributed by atoms with Gasteiger partial charge in [0.05, 0.1) is 0 Å². The zero-order valence-corrected chi connectivity index (χ0v) is 20.0. The number of fused-ring (bicyclic) bond motifs is 5. The second-order valence-corrected chi connectivity index (χ2v) is 9.68. The fraction of sp³-hybridized carbons (Fsp3) is 0.182. The molecule has 174 valence electrons. The van der Waals surface area contributed by atoms with Gasteiger partial charge in [0.1, 0.15) is 0 Å². The molecule has 3 heteroatoms. The lowest BCUT2D eigenvalue weighted by Crippen LogP contribution is -2.28. The highest BCUT2D eigenvalue weighted by Gasteiger charge is 2.43. The van der Waals surface area contributed by atoms with Gasteiger partial charge in [0.15, 0.2) is 17.5 Å². The zero-order valence-electron chi connectivity index (χ0n) is 22.0. The summed E-state index contributed by atoms with van der Waals surface area (Å²) in [6, 6.07) is 35.3. The Labute approximate surface area is 214 Å². The summed E-state index contributed by atoms with van der Waals surface area (Å²) in [5, 5.41) is 0. The smallest absolute Gasteiger partial charge is 0.164 e. The summed E-state index contributed by atoms with van der Waals surface area (Å²) in [5.74, 6) is 1.95. The lowest BCUT2D eigenvalue weighted by molar-refractivity contribution is 0.353. The summed E-state index contributed by atoms with van der Waals surface area (Å²) >= 11 is 0. The predicted octanol–water partition coefficient (Wildman–Crippen LogP) is 8.10. The van der Waals surface area contributed by atoms with E-state index in [0.29, 0.717) is 30.3 Å². The quantitative estimate of drug-likeness (QED) is 0.269. The normalized spacial score (nSPS) is 17.7. The van der Waals surface area contributed by atoms with Gasteiger partial charge in [0, 0.05) is 24.8 Å². The first-order valence-electron chi connectivity index (χ1n) is 13.6. The Morgan fingerprint density at radius 2 is 1.06 bits per heavy atom. The molecule has 0 radical (unpaired) electrons. The molecule has 1 fully saturated rings. The Kier molecular flexibility index (Phi) is 4.53.